The molecular formula is C26H24N2O2. The summed E-state index contributed by atoms with van der Waals surface area (Å²) in [6.45, 7) is 1.44. The van der Waals surface area contributed by atoms with Gasteiger partial charge in [0.2, 0.25) is 0 Å². The van der Waals surface area contributed by atoms with Crippen molar-refractivity contribution in [3.05, 3.63) is 101 Å². The maximum Gasteiger partial charge on any atom is 0.162 e. The normalized spacial score (nSPS) is 15.6. The van der Waals surface area contributed by atoms with Gasteiger partial charge in [-0.2, -0.15) is 0 Å². The van der Waals surface area contributed by atoms with Crippen LogP contribution in [0.3, 0.4) is 0 Å². The Balaban J connectivity index is 1.51. The standard InChI is InChI=1S/C26H24N2O2/c1-29-24-14-20-10-12-28-26(21-7-8-22-16-27-11-9-19(22)13-21)23(20)15-25(24)30-17-18-5-3-2-4-6-18/h2-9,11,13-16,26,28H,10,12,17H2,1H3. The van der Waals surface area contributed by atoms with Crippen LogP contribution in [0.2, 0.25) is 0 Å². The molecule has 1 unspecified atom stereocenters. The molecule has 0 saturated heterocycles. The molecule has 0 radical (unpaired) electrons. The van der Waals surface area contributed by atoms with Gasteiger partial charge >= 0.3 is 0 Å². The number of nitrogens with one attached hydrogen (secondary N) is 1. The molecule has 4 nitrogen and oxygen atoms in total. The zero-order valence-corrected chi connectivity index (χ0v) is 17.0. The third-order valence-electron chi connectivity index (χ3n) is 5.71. The first-order valence-corrected chi connectivity index (χ1v) is 10.3. The fourth-order valence-electron chi connectivity index (χ4n) is 4.15. The molecule has 0 bridgehead atoms. The number of aromatic nitrogens is 1. The van der Waals surface area contributed by atoms with Crippen LogP contribution in [0, 0.1) is 0 Å². The first-order chi connectivity index (χ1) is 14.8. The third-order valence-corrected chi connectivity index (χ3v) is 5.71. The van der Waals surface area contributed by atoms with Crippen LogP contribution in [-0.2, 0) is 13.0 Å². The van der Waals surface area contributed by atoms with Gasteiger partial charge in [-0.3, -0.25) is 4.98 Å². The first kappa shape index (κ1) is 18.6. The molecule has 3 aromatic carbocycles. The zero-order chi connectivity index (χ0) is 20.3. The van der Waals surface area contributed by atoms with E-state index in [2.05, 4.69) is 58.8 Å². The highest BCUT2D eigenvalue weighted by atomic mass is 16.5. The quantitative estimate of drug-likeness (QED) is 0.512. The minimum Gasteiger partial charge on any atom is -0.493 e. The molecule has 4 aromatic rings. The van der Waals surface area contributed by atoms with E-state index >= 15 is 0 Å². The lowest BCUT2D eigenvalue weighted by Crippen LogP contribution is -2.30. The number of nitrogens with zero attached hydrogens (tertiary/aromatic N) is 1. The summed E-state index contributed by atoms with van der Waals surface area (Å²) in [6, 6.07) is 23.2. The number of pyridine rings is 1. The van der Waals surface area contributed by atoms with Crippen LogP contribution in [0.1, 0.15) is 28.3 Å². The number of methoxy groups -OCH3 is 1. The van der Waals surface area contributed by atoms with Crippen LogP contribution in [0.5, 0.6) is 11.5 Å². The second-order valence-corrected chi connectivity index (χ2v) is 7.60. The Morgan fingerprint density at radius 1 is 0.967 bits per heavy atom. The average Bonchev–Trinajstić information content (AvgIpc) is 2.82. The molecule has 4 heteroatoms. The molecule has 0 spiro atoms. The van der Waals surface area contributed by atoms with E-state index in [-0.39, 0.29) is 6.04 Å². The summed E-state index contributed by atoms with van der Waals surface area (Å²) in [5.74, 6) is 1.56. The number of rotatable bonds is 5. The highest BCUT2D eigenvalue weighted by molar-refractivity contribution is 5.82. The molecule has 2 heterocycles. The number of ether oxygens (including phenoxy) is 2. The van der Waals surface area contributed by atoms with Crippen molar-refractivity contribution in [1.29, 1.82) is 0 Å². The molecule has 1 aliphatic rings. The van der Waals surface area contributed by atoms with E-state index in [0.717, 1.165) is 35.4 Å². The summed E-state index contributed by atoms with van der Waals surface area (Å²) in [4.78, 5) is 4.22. The van der Waals surface area contributed by atoms with E-state index in [1.54, 1.807) is 7.11 Å². The predicted octanol–water partition coefficient (Wildman–Crippen LogP) is 5.06. The Morgan fingerprint density at radius 2 is 1.87 bits per heavy atom. The fraction of sp³-hybridized carbons (Fsp3) is 0.192. The largest absolute Gasteiger partial charge is 0.493 e. The van der Waals surface area contributed by atoms with Gasteiger partial charge in [-0.05, 0) is 58.3 Å². The minimum atomic E-state index is 0.122. The van der Waals surface area contributed by atoms with Crippen molar-refractivity contribution in [2.75, 3.05) is 13.7 Å². The van der Waals surface area contributed by atoms with Gasteiger partial charge in [0.15, 0.2) is 11.5 Å². The Kier molecular flexibility index (Phi) is 5.08. The second kappa shape index (κ2) is 8.17. The molecule has 1 N–H and O–H groups in total. The molecule has 150 valence electrons. The Hall–Kier alpha value is -3.37. The van der Waals surface area contributed by atoms with Gasteiger partial charge in [-0.25, -0.2) is 0 Å². The fourth-order valence-corrected chi connectivity index (χ4v) is 4.15. The van der Waals surface area contributed by atoms with Crippen LogP contribution in [0.15, 0.2) is 79.1 Å². The monoisotopic (exact) mass is 396 g/mol. The van der Waals surface area contributed by atoms with Crippen molar-refractivity contribution in [3.63, 3.8) is 0 Å². The van der Waals surface area contributed by atoms with Gasteiger partial charge < -0.3 is 14.8 Å². The van der Waals surface area contributed by atoms with E-state index < -0.39 is 0 Å². The molecule has 0 aliphatic carbocycles. The van der Waals surface area contributed by atoms with Crippen LogP contribution >= 0.6 is 0 Å². The average molecular weight is 396 g/mol. The van der Waals surface area contributed by atoms with E-state index in [9.17, 15) is 0 Å². The van der Waals surface area contributed by atoms with E-state index in [4.69, 9.17) is 9.47 Å². The summed E-state index contributed by atoms with van der Waals surface area (Å²) in [5, 5.41) is 6.03. The van der Waals surface area contributed by atoms with Gasteiger partial charge in [0.1, 0.15) is 6.61 Å². The third kappa shape index (κ3) is 3.62. The van der Waals surface area contributed by atoms with Gasteiger partial charge in [-0.15, -0.1) is 0 Å². The van der Waals surface area contributed by atoms with Crippen molar-refractivity contribution in [1.82, 2.24) is 10.3 Å². The molecule has 0 amide bonds. The van der Waals surface area contributed by atoms with Crippen molar-refractivity contribution >= 4 is 10.8 Å². The zero-order valence-electron chi connectivity index (χ0n) is 17.0. The summed E-state index contributed by atoms with van der Waals surface area (Å²) < 4.78 is 11.8. The van der Waals surface area contributed by atoms with E-state index in [1.807, 2.05) is 30.6 Å². The number of fused-ring (bicyclic) bond motifs is 2. The van der Waals surface area contributed by atoms with Crippen molar-refractivity contribution in [2.45, 2.75) is 19.1 Å². The maximum atomic E-state index is 6.17. The van der Waals surface area contributed by atoms with Gasteiger partial charge in [0, 0.05) is 24.3 Å². The van der Waals surface area contributed by atoms with Crippen LogP contribution < -0.4 is 14.8 Å². The summed E-state index contributed by atoms with van der Waals surface area (Å²) in [5.41, 5.74) is 4.93. The topological polar surface area (TPSA) is 43.4 Å². The van der Waals surface area contributed by atoms with Gasteiger partial charge in [-0.1, -0.05) is 42.5 Å². The van der Waals surface area contributed by atoms with E-state index in [0.29, 0.717) is 6.61 Å². The molecule has 1 aromatic heterocycles. The Labute approximate surface area is 176 Å². The first-order valence-electron chi connectivity index (χ1n) is 10.3. The molecule has 1 aliphatic heterocycles. The molecule has 0 fully saturated rings. The van der Waals surface area contributed by atoms with Crippen molar-refractivity contribution in [3.8, 4) is 11.5 Å². The lowest BCUT2D eigenvalue weighted by molar-refractivity contribution is 0.283. The van der Waals surface area contributed by atoms with Gasteiger partial charge in [0.05, 0.1) is 13.2 Å². The van der Waals surface area contributed by atoms with Crippen molar-refractivity contribution < 1.29 is 9.47 Å². The van der Waals surface area contributed by atoms with Crippen LogP contribution in [-0.4, -0.2) is 18.6 Å². The molecule has 30 heavy (non-hydrogen) atoms. The SMILES string of the molecule is COc1cc2c(cc1OCc1ccccc1)C(c1ccc3cnccc3c1)NCC2. The molecule has 5 rings (SSSR count). The number of hydrogen-bond acceptors (Lipinski definition) is 4. The molecular weight excluding hydrogens is 372 g/mol. The number of hydrogen-bond donors (Lipinski definition) is 1. The highest BCUT2D eigenvalue weighted by Crippen LogP contribution is 2.38. The van der Waals surface area contributed by atoms with E-state index in [1.165, 1.54) is 22.1 Å². The Morgan fingerprint density at radius 3 is 2.73 bits per heavy atom. The molecule has 1 atom stereocenters. The van der Waals surface area contributed by atoms with Crippen LogP contribution in [0.4, 0.5) is 0 Å². The summed E-state index contributed by atoms with van der Waals surface area (Å²) in [6.07, 6.45) is 4.72. The number of benzene rings is 3. The molecule has 0 saturated carbocycles. The smallest absolute Gasteiger partial charge is 0.162 e. The predicted molar refractivity (Wildman–Crippen MR) is 119 cm³/mol. The lowest BCUT2D eigenvalue weighted by Gasteiger charge is -2.29. The Bertz CT molecular complexity index is 1170. The van der Waals surface area contributed by atoms with Gasteiger partial charge in [0.25, 0.3) is 0 Å². The summed E-state index contributed by atoms with van der Waals surface area (Å²) in [7, 11) is 1.70. The van der Waals surface area contributed by atoms with Crippen molar-refractivity contribution in [2.24, 2.45) is 0 Å². The lowest BCUT2D eigenvalue weighted by atomic mass is 9.88. The van der Waals surface area contributed by atoms with Crippen LogP contribution in [0.25, 0.3) is 10.8 Å². The maximum absolute atomic E-state index is 6.17. The highest BCUT2D eigenvalue weighted by Gasteiger charge is 2.24. The minimum absolute atomic E-state index is 0.122. The second-order valence-electron chi connectivity index (χ2n) is 7.60. The summed E-state index contributed by atoms with van der Waals surface area (Å²) >= 11 is 0.